The van der Waals surface area contributed by atoms with Gasteiger partial charge in [-0.3, -0.25) is 0 Å². The Kier molecular flexibility index (Phi) is 6.11. The first-order chi connectivity index (χ1) is 13.6. The maximum Gasteiger partial charge on any atom is 0.203 e. The molecule has 1 heterocycles. The van der Waals surface area contributed by atoms with Crippen molar-refractivity contribution in [1.29, 1.82) is 0 Å². The van der Waals surface area contributed by atoms with Crippen LogP contribution in [0.4, 0.5) is 11.5 Å². The van der Waals surface area contributed by atoms with Crippen LogP contribution in [0.5, 0.6) is 23.0 Å². The zero-order chi connectivity index (χ0) is 20.1. The molecule has 0 fully saturated rings. The third-order valence-corrected chi connectivity index (χ3v) is 4.48. The Hall–Kier alpha value is -3.12. The minimum Gasteiger partial charge on any atom is -0.495 e. The number of pyridine rings is 1. The Labute approximate surface area is 169 Å². The molecule has 28 heavy (non-hydrogen) atoms. The van der Waals surface area contributed by atoms with Crippen LogP contribution < -0.4 is 24.3 Å². The second-order valence-corrected chi connectivity index (χ2v) is 6.23. The third kappa shape index (κ3) is 4.07. The Morgan fingerprint density at radius 3 is 2.00 bits per heavy atom. The number of aromatic nitrogens is 1. The van der Waals surface area contributed by atoms with Crippen LogP contribution in [0.3, 0.4) is 0 Å². The number of ether oxygens (including phenoxy) is 4. The molecule has 0 aliphatic rings. The van der Waals surface area contributed by atoms with Crippen LogP contribution in [0.2, 0.25) is 5.02 Å². The normalized spacial score (nSPS) is 10.3. The summed E-state index contributed by atoms with van der Waals surface area (Å²) in [7, 11) is 6.34. The third-order valence-electron chi connectivity index (χ3n) is 4.18. The van der Waals surface area contributed by atoms with E-state index in [2.05, 4.69) is 10.3 Å². The van der Waals surface area contributed by atoms with Crippen LogP contribution in [-0.2, 0) is 0 Å². The van der Waals surface area contributed by atoms with Gasteiger partial charge in [0, 0.05) is 11.9 Å². The molecule has 6 nitrogen and oxygen atoms in total. The molecule has 3 aromatic rings. The lowest BCUT2D eigenvalue weighted by Gasteiger charge is -2.15. The zero-order valence-corrected chi connectivity index (χ0v) is 16.8. The molecule has 1 aromatic heterocycles. The first-order valence-electron chi connectivity index (χ1n) is 8.46. The fourth-order valence-corrected chi connectivity index (χ4v) is 3.08. The average Bonchev–Trinajstić information content (AvgIpc) is 2.73. The summed E-state index contributed by atoms with van der Waals surface area (Å²) in [6, 6.07) is 13.1. The molecule has 2 aromatic carbocycles. The number of rotatable bonds is 7. The Balaban J connectivity index is 1.94. The Morgan fingerprint density at radius 2 is 1.43 bits per heavy atom. The lowest BCUT2D eigenvalue weighted by Crippen LogP contribution is -1.97. The van der Waals surface area contributed by atoms with Gasteiger partial charge in [-0.15, -0.1) is 0 Å². The fraction of sp³-hybridized carbons (Fsp3) is 0.190. The summed E-state index contributed by atoms with van der Waals surface area (Å²) in [6.07, 6.45) is 1.73. The van der Waals surface area contributed by atoms with Gasteiger partial charge in [-0.25, -0.2) is 4.98 Å². The number of hydrogen-bond acceptors (Lipinski definition) is 6. The van der Waals surface area contributed by atoms with E-state index in [4.69, 9.17) is 30.5 Å². The molecule has 0 spiro atoms. The van der Waals surface area contributed by atoms with E-state index < -0.39 is 0 Å². The van der Waals surface area contributed by atoms with Gasteiger partial charge in [-0.05, 0) is 53.6 Å². The number of benzene rings is 2. The van der Waals surface area contributed by atoms with Crippen molar-refractivity contribution in [1.82, 2.24) is 4.98 Å². The van der Waals surface area contributed by atoms with E-state index in [0.717, 1.165) is 16.8 Å². The molecular weight excluding hydrogens is 380 g/mol. The molecule has 0 amide bonds. The van der Waals surface area contributed by atoms with Gasteiger partial charge < -0.3 is 24.3 Å². The van der Waals surface area contributed by atoms with E-state index in [-0.39, 0.29) is 0 Å². The van der Waals surface area contributed by atoms with Crippen molar-refractivity contribution < 1.29 is 18.9 Å². The lowest BCUT2D eigenvalue weighted by molar-refractivity contribution is 0.324. The van der Waals surface area contributed by atoms with Crippen LogP contribution in [0.15, 0.2) is 48.7 Å². The van der Waals surface area contributed by atoms with Gasteiger partial charge in [0.05, 0.1) is 33.5 Å². The highest BCUT2D eigenvalue weighted by Gasteiger charge is 2.14. The van der Waals surface area contributed by atoms with Gasteiger partial charge in [0.2, 0.25) is 5.75 Å². The highest BCUT2D eigenvalue weighted by molar-refractivity contribution is 6.32. The summed E-state index contributed by atoms with van der Waals surface area (Å²) >= 11 is 6.19. The molecule has 0 aliphatic heterocycles. The number of methoxy groups -OCH3 is 4. The summed E-state index contributed by atoms with van der Waals surface area (Å²) in [5.41, 5.74) is 2.66. The number of nitrogens with one attached hydrogen (secondary N) is 1. The van der Waals surface area contributed by atoms with E-state index in [1.807, 2.05) is 30.3 Å². The minimum absolute atomic E-state index is 0.522. The monoisotopic (exact) mass is 400 g/mol. The smallest absolute Gasteiger partial charge is 0.203 e. The van der Waals surface area contributed by atoms with Crippen molar-refractivity contribution in [2.24, 2.45) is 0 Å². The summed E-state index contributed by atoms with van der Waals surface area (Å²) in [5.74, 6) is 3.02. The summed E-state index contributed by atoms with van der Waals surface area (Å²) in [6.45, 7) is 0. The maximum atomic E-state index is 6.19. The molecule has 0 atom stereocenters. The topological polar surface area (TPSA) is 61.8 Å². The van der Waals surface area contributed by atoms with Crippen LogP contribution in [0.25, 0.3) is 11.1 Å². The van der Waals surface area contributed by atoms with Gasteiger partial charge >= 0.3 is 0 Å². The van der Waals surface area contributed by atoms with Gasteiger partial charge in [-0.2, -0.15) is 0 Å². The van der Waals surface area contributed by atoms with Crippen molar-refractivity contribution in [3.8, 4) is 34.1 Å². The minimum atomic E-state index is 0.522. The average molecular weight is 401 g/mol. The molecule has 1 N–H and O–H groups in total. The van der Waals surface area contributed by atoms with E-state index in [9.17, 15) is 0 Å². The van der Waals surface area contributed by atoms with Crippen molar-refractivity contribution in [2.45, 2.75) is 0 Å². The van der Waals surface area contributed by atoms with Crippen molar-refractivity contribution >= 4 is 23.1 Å². The van der Waals surface area contributed by atoms with E-state index >= 15 is 0 Å². The molecule has 7 heteroatoms. The molecule has 146 valence electrons. The molecule has 0 saturated carbocycles. The zero-order valence-electron chi connectivity index (χ0n) is 16.1. The quantitative estimate of drug-likeness (QED) is 0.589. The predicted octanol–water partition coefficient (Wildman–Crippen LogP) is 5.18. The van der Waals surface area contributed by atoms with Gasteiger partial charge in [0.1, 0.15) is 11.6 Å². The largest absolute Gasteiger partial charge is 0.495 e. The first-order valence-corrected chi connectivity index (χ1v) is 8.84. The van der Waals surface area contributed by atoms with Crippen molar-refractivity contribution in [2.75, 3.05) is 33.8 Å². The standard InChI is InChI=1S/C21H21ClN2O4/c1-25-17-6-5-15(12-16(17)22)24-20-11-13(7-8-23-20)14-9-18(26-2)21(28-4)19(10-14)27-3/h5-12H,1-4H3,(H,23,24). The van der Waals surface area contributed by atoms with Crippen molar-refractivity contribution in [3.63, 3.8) is 0 Å². The first kappa shape index (κ1) is 19.6. The second kappa shape index (κ2) is 8.71. The number of anilines is 2. The van der Waals surface area contributed by atoms with Crippen molar-refractivity contribution in [3.05, 3.63) is 53.7 Å². The van der Waals surface area contributed by atoms with Gasteiger partial charge in [0.15, 0.2) is 11.5 Å². The molecule has 0 bridgehead atoms. The van der Waals surface area contributed by atoms with Gasteiger partial charge in [-0.1, -0.05) is 11.6 Å². The molecule has 0 radical (unpaired) electrons. The number of halogens is 1. The van der Waals surface area contributed by atoms with E-state index in [0.29, 0.717) is 33.8 Å². The maximum absolute atomic E-state index is 6.19. The van der Waals surface area contributed by atoms with E-state index in [1.165, 1.54) is 0 Å². The molecule has 3 rings (SSSR count). The summed E-state index contributed by atoms with van der Waals surface area (Å²) in [5, 5.41) is 3.77. The van der Waals surface area contributed by atoms with E-state index in [1.54, 1.807) is 46.8 Å². The van der Waals surface area contributed by atoms with Crippen LogP contribution in [0, 0.1) is 0 Å². The summed E-state index contributed by atoms with van der Waals surface area (Å²) < 4.78 is 21.4. The summed E-state index contributed by atoms with van der Waals surface area (Å²) in [4.78, 5) is 4.38. The second-order valence-electron chi connectivity index (χ2n) is 5.82. The fourth-order valence-electron chi connectivity index (χ4n) is 2.82. The molecule has 0 saturated heterocycles. The van der Waals surface area contributed by atoms with Crippen LogP contribution >= 0.6 is 11.6 Å². The SMILES string of the molecule is COc1ccc(Nc2cc(-c3cc(OC)c(OC)c(OC)c3)ccn2)cc1Cl. The van der Waals surface area contributed by atoms with Crippen LogP contribution in [0.1, 0.15) is 0 Å². The Bertz CT molecular complexity index is 953. The highest BCUT2D eigenvalue weighted by atomic mass is 35.5. The lowest BCUT2D eigenvalue weighted by atomic mass is 10.1. The number of hydrogen-bond donors (Lipinski definition) is 1. The highest BCUT2D eigenvalue weighted by Crippen LogP contribution is 2.41. The van der Waals surface area contributed by atoms with Crippen LogP contribution in [-0.4, -0.2) is 33.4 Å². The Morgan fingerprint density at radius 1 is 0.750 bits per heavy atom. The molecular formula is C21H21ClN2O4. The predicted molar refractivity (Wildman–Crippen MR) is 111 cm³/mol. The van der Waals surface area contributed by atoms with Gasteiger partial charge in [0.25, 0.3) is 0 Å². The molecule has 0 unspecified atom stereocenters. The molecule has 0 aliphatic carbocycles. The number of nitrogens with zero attached hydrogens (tertiary/aromatic N) is 1.